The third-order valence-electron chi connectivity index (χ3n) is 2.59. The van der Waals surface area contributed by atoms with E-state index >= 15 is 0 Å². The molecule has 6 nitrogen and oxygen atoms in total. The van der Waals surface area contributed by atoms with Gasteiger partial charge in [-0.1, -0.05) is 27.7 Å². The number of ether oxygens (including phenoxy) is 1. The van der Waals surface area contributed by atoms with Gasteiger partial charge in [0, 0.05) is 13.2 Å². The second kappa shape index (κ2) is 9.61. The molecule has 0 aromatic heterocycles. The van der Waals surface area contributed by atoms with Gasteiger partial charge in [-0.25, -0.2) is 9.59 Å². The number of carboxylic acid groups (broad SMARTS) is 1. The molecule has 112 valence electrons. The molecule has 19 heavy (non-hydrogen) atoms. The fraction of sp³-hybridized carbons (Fsp3) is 0.846. The molecule has 0 saturated carbocycles. The molecule has 1 atom stereocenters. The number of hydrogen-bond acceptors (Lipinski definition) is 3. The summed E-state index contributed by atoms with van der Waals surface area (Å²) < 4.78 is 5.34. The van der Waals surface area contributed by atoms with Crippen molar-refractivity contribution in [3.63, 3.8) is 0 Å². The highest BCUT2D eigenvalue weighted by molar-refractivity contribution is 5.82. The monoisotopic (exact) mass is 274 g/mol. The van der Waals surface area contributed by atoms with Crippen LogP contribution in [0.5, 0.6) is 0 Å². The van der Waals surface area contributed by atoms with E-state index in [-0.39, 0.29) is 5.92 Å². The third kappa shape index (κ3) is 9.30. The lowest BCUT2D eigenvalue weighted by Gasteiger charge is -2.18. The van der Waals surface area contributed by atoms with E-state index in [4.69, 9.17) is 9.84 Å². The van der Waals surface area contributed by atoms with E-state index in [9.17, 15) is 9.59 Å². The van der Waals surface area contributed by atoms with Crippen LogP contribution in [0.15, 0.2) is 0 Å². The first-order valence-electron chi connectivity index (χ1n) is 6.69. The van der Waals surface area contributed by atoms with Gasteiger partial charge >= 0.3 is 12.0 Å². The van der Waals surface area contributed by atoms with Gasteiger partial charge in [0.25, 0.3) is 0 Å². The Morgan fingerprint density at radius 2 is 1.79 bits per heavy atom. The lowest BCUT2D eigenvalue weighted by molar-refractivity contribution is -0.140. The van der Waals surface area contributed by atoms with Crippen LogP contribution in [0.2, 0.25) is 0 Å². The molecule has 0 aromatic rings. The Hall–Kier alpha value is -1.30. The maximum absolute atomic E-state index is 11.5. The first kappa shape index (κ1) is 17.7. The number of amides is 2. The van der Waals surface area contributed by atoms with Gasteiger partial charge in [0.1, 0.15) is 6.04 Å². The predicted octanol–water partition coefficient (Wildman–Crippen LogP) is 1.46. The van der Waals surface area contributed by atoms with Crippen LogP contribution in [0, 0.1) is 11.8 Å². The minimum absolute atomic E-state index is 0.162. The van der Waals surface area contributed by atoms with Crippen molar-refractivity contribution in [1.29, 1.82) is 0 Å². The first-order chi connectivity index (χ1) is 8.84. The Labute approximate surface area is 114 Å². The van der Waals surface area contributed by atoms with Crippen LogP contribution < -0.4 is 10.6 Å². The van der Waals surface area contributed by atoms with Crippen LogP contribution in [-0.4, -0.2) is 42.9 Å². The zero-order valence-corrected chi connectivity index (χ0v) is 12.2. The van der Waals surface area contributed by atoms with Gasteiger partial charge in [-0.3, -0.25) is 0 Å². The minimum atomic E-state index is -1.03. The van der Waals surface area contributed by atoms with Crippen molar-refractivity contribution in [2.75, 3.05) is 19.8 Å². The van der Waals surface area contributed by atoms with Crippen LogP contribution in [-0.2, 0) is 9.53 Å². The predicted molar refractivity (Wildman–Crippen MR) is 73.1 cm³/mol. The quantitative estimate of drug-likeness (QED) is 0.555. The van der Waals surface area contributed by atoms with E-state index < -0.39 is 18.0 Å². The van der Waals surface area contributed by atoms with Gasteiger partial charge in [0.05, 0.1) is 6.61 Å². The summed E-state index contributed by atoms with van der Waals surface area (Å²) >= 11 is 0. The number of nitrogens with one attached hydrogen (secondary N) is 2. The lowest BCUT2D eigenvalue weighted by Crippen LogP contribution is -2.49. The summed E-state index contributed by atoms with van der Waals surface area (Å²) in [6.07, 6.45) is 0.987. The van der Waals surface area contributed by atoms with Crippen molar-refractivity contribution in [3.05, 3.63) is 0 Å². The van der Waals surface area contributed by atoms with E-state index in [0.29, 0.717) is 25.7 Å². The van der Waals surface area contributed by atoms with E-state index in [1.165, 1.54) is 0 Å². The normalized spacial score (nSPS) is 12.5. The Morgan fingerprint density at radius 1 is 1.16 bits per heavy atom. The molecule has 0 aliphatic heterocycles. The van der Waals surface area contributed by atoms with Crippen molar-refractivity contribution in [2.45, 2.75) is 40.2 Å². The van der Waals surface area contributed by atoms with Gasteiger partial charge in [-0.15, -0.1) is 0 Å². The maximum Gasteiger partial charge on any atom is 0.326 e. The molecule has 1 unspecified atom stereocenters. The minimum Gasteiger partial charge on any atom is -0.480 e. The van der Waals surface area contributed by atoms with Gasteiger partial charge < -0.3 is 20.5 Å². The highest BCUT2D eigenvalue weighted by atomic mass is 16.5. The van der Waals surface area contributed by atoms with Crippen LogP contribution in [0.25, 0.3) is 0 Å². The van der Waals surface area contributed by atoms with Crippen molar-refractivity contribution in [1.82, 2.24) is 10.6 Å². The van der Waals surface area contributed by atoms with Gasteiger partial charge in [-0.05, 0) is 18.3 Å². The molecule has 0 fully saturated rings. The van der Waals surface area contributed by atoms with Crippen molar-refractivity contribution in [3.8, 4) is 0 Å². The molecule has 0 bridgehead atoms. The smallest absolute Gasteiger partial charge is 0.326 e. The number of carboxylic acids is 1. The molecule has 0 aliphatic rings. The number of carbonyl (C=O) groups is 2. The summed E-state index contributed by atoms with van der Waals surface area (Å²) in [5.41, 5.74) is 0. The fourth-order valence-corrected chi connectivity index (χ4v) is 1.36. The summed E-state index contributed by atoms with van der Waals surface area (Å²) in [6.45, 7) is 9.20. The van der Waals surface area contributed by atoms with E-state index in [0.717, 1.165) is 6.42 Å². The zero-order valence-electron chi connectivity index (χ0n) is 12.2. The molecule has 3 N–H and O–H groups in total. The Bertz CT molecular complexity index is 280. The van der Waals surface area contributed by atoms with Crippen LogP contribution in [0.4, 0.5) is 4.79 Å². The van der Waals surface area contributed by atoms with Gasteiger partial charge in [-0.2, -0.15) is 0 Å². The molecule has 0 aliphatic carbocycles. The SMILES string of the molecule is CC(C)CCOCCNC(=O)NC(C(=O)O)C(C)C. The first-order valence-corrected chi connectivity index (χ1v) is 6.69. The standard InChI is InChI=1S/C13H26N2O4/c1-9(2)5-7-19-8-6-14-13(18)15-11(10(3)4)12(16)17/h9-11H,5-8H2,1-4H3,(H,16,17)(H2,14,15,18). The fourth-order valence-electron chi connectivity index (χ4n) is 1.36. The highest BCUT2D eigenvalue weighted by Gasteiger charge is 2.22. The summed E-state index contributed by atoms with van der Waals surface area (Å²) in [7, 11) is 0. The van der Waals surface area contributed by atoms with E-state index in [1.807, 2.05) is 0 Å². The average Bonchev–Trinajstić information content (AvgIpc) is 2.29. The van der Waals surface area contributed by atoms with Crippen LogP contribution >= 0.6 is 0 Å². The summed E-state index contributed by atoms with van der Waals surface area (Å²) in [4.78, 5) is 22.4. The number of rotatable bonds is 9. The Kier molecular flexibility index (Phi) is 8.95. The number of urea groups is 1. The second-order valence-electron chi connectivity index (χ2n) is 5.26. The molecule has 0 saturated heterocycles. The summed E-state index contributed by atoms with van der Waals surface area (Å²) in [5, 5.41) is 13.9. The second-order valence-corrected chi connectivity index (χ2v) is 5.26. The zero-order chi connectivity index (χ0) is 14.8. The van der Waals surface area contributed by atoms with Crippen molar-refractivity contribution in [2.24, 2.45) is 11.8 Å². The molecule has 0 radical (unpaired) electrons. The molecule has 0 aromatic carbocycles. The van der Waals surface area contributed by atoms with Crippen LogP contribution in [0.3, 0.4) is 0 Å². The summed E-state index contributed by atoms with van der Waals surface area (Å²) in [5.74, 6) is -0.595. The molecule has 0 heterocycles. The average molecular weight is 274 g/mol. The molecular formula is C13H26N2O4. The number of carbonyl (C=O) groups excluding carboxylic acids is 1. The molecule has 0 rings (SSSR count). The largest absolute Gasteiger partial charge is 0.480 e. The number of hydrogen-bond donors (Lipinski definition) is 3. The van der Waals surface area contributed by atoms with Gasteiger partial charge in [0.2, 0.25) is 0 Å². The maximum atomic E-state index is 11.5. The van der Waals surface area contributed by atoms with Crippen LogP contribution in [0.1, 0.15) is 34.1 Å². The molecule has 2 amide bonds. The summed E-state index contributed by atoms with van der Waals surface area (Å²) in [6, 6.07) is -1.35. The van der Waals surface area contributed by atoms with Crippen molar-refractivity contribution >= 4 is 12.0 Å². The Morgan fingerprint density at radius 3 is 2.26 bits per heavy atom. The third-order valence-corrected chi connectivity index (χ3v) is 2.59. The van der Waals surface area contributed by atoms with E-state index in [1.54, 1.807) is 13.8 Å². The molecule has 6 heteroatoms. The lowest BCUT2D eigenvalue weighted by atomic mass is 10.1. The van der Waals surface area contributed by atoms with Gasteiger partial charge in [0.15, 0.2) is 0 Å². The molecule has 0 spiro atoms. The Balaban J connectivity index is 3.72. The topological polar surface area (TPSA) is 87.7 Å². The highest BCUT2D eigenvalue weighted by Crippen LogP contribution is 2.01. The number of aliphatic carboxylic acids is 1. The molecular weight excluding hydrogens is 248 g/mol. The van der Waals surface area contributed by atoms with E-state index in [2.05, 4.69) is 24.5 Å². The van der Waals surface area contributed by atoms with Crippen molar-refractivity contribution < 1.29 is 19.4 Å².